The minimum Gasteiger partial charge on any atom is -0.423 e. The average Bonchev–Trinajstić information content (AvgIpc) is 2.30. The summed E-state index contributed by atoms with van der Waals surface area (Å²) in [6.07, 6.45) is 0. The SMILES string of the molecule is Cl.OB(O)c1cccc(CN2CCOCC2)c1. The zero-order valence-electron chi connectivity index (χ0n) is 9.58. The number of hydrogen-bond donors (Lipinski definition) is 2. The molecule has 1 aromatic carbocycles. The van der Waals surface area contributed by atoms with Crippen LogP contribution in [0.25, 0.3) is 0 Å². The van der Waals surface area contributed by atoms with Gasteiger partial charge in [-0.05, 0) is 11.0 Å². The Morgan fingerprint density at radius 3 is 2.59 bits per heavy atom. The summed E-state index contributed by atoms with van der Waals surface area (Å²) in [5.74, 6) is 0. The van der Waals surface area contributed by atoms with E-state index >= 15 is 0 Å². The summed E-state index contributed by atoms with van der Waals surface area (Å²) in [5, 5.41) is 18.2. The summed E-state index contributed by atoms with van der Waals surface area (Å²) in [7, 11) is -1.38. The van der Waals surface area contributed by atoms with Crippen LogP contribution in [0.15, 0.2) is 24.3 Å². The van der Waals surface area contributed by atoms with Crippen LogP contribution in [0.1, 0.15) is 5.56 Å². The second-order valence-corrected chi connectivity index (χ2v) is 4.01. The first-order valence-corrected chi connectivity index (χ1v) is 5.51. The molecular formula is C11H17BClNO3. The molecule has 94 valence electrons. The molecule has 2 N–H and O–H groups in total. The summed E-state index contributed by atoms with van der Waals surface area (Å²) in [6.45, 7) is 4.27. The van der Waals surface area contributed by atoms with Crippen LogP contribution in [0.4, 0.5) is 0 Å². The monoisotopic (exact) mass is 257 g/mol. The van der Waals surface area contributed by atoms with Crippen molar-refractivity contribution in [2.45, 2.75) is 6.54 Å². The van der Waals surface area contributed by atoms with Crippen molar-refractivity contribution in [3.05, 3.63) is 29.8 Å². The second kappa shape index (κ2) is 6.98. The Balaban J connectivity index is 0.00000144. The van der Waals surface area contributed by atoms with E-state index in [0.29, 0.717) is 5.46 Å². The Kier molecular flexibility index (Phi) is 5.95. The van der Waals surface area contributed by atoms with Gasteiger partial charge in [0.05, 0.1) is 13.2 Å². The molecule has 0 atom stereocenters. The molecule has 0 saturated carbocycles. The molecule has 0 unspecified atom stereocenters. The summed E-state index contributed by atoms with van der Waals surface area (Å²) in [4.78, 5) is 2.30. The minimum atomic E-state index is -1.38. The molecule has 0 aromatic heterocycles. The third-order valence-electron chi connectivity index (χ3n) is 2.76. The molecule has 1 aromatic rings. The molecule has 0 spiro atoms. The van der Waals surface area contributed by atoms with Crippen molar-refractivity contribution in [3.63, 3.8) is 0 Å². The van der Waals surface area contributed by atoms with Crippen molar-refractivity contribution in [1.82, 2.24) is 4.90 Å². The maximum Gasteiger partial charge on any atom is 0.488 e. The maximum absolute atomic E-state index is 9.08. The fourth-order valence-corrected chi connectivity index (χ4v) is 1.87. The highest BCUT2D eigenvalue weighted by Gasteiger charge is 2.13. The molecule has 1 saturated heterocycles. The molecule has 0 aliphatic carbocycles. The number of ether oxygens (including phenoxy) is 1. The van der Waals surface area contributed by atoms with E-state index < -0.39 is 7.12 Å². The summed E-state index contributed by atoms with van der Waals surface area (Å²) in [5.41, 5.74) is 1.65. The van der Waals surface area contributed by atoms with Gasteiger partial charge >= 0.3 is 7.12 Å². The highest BCUT2D eigenvalue weighted by atomic mass is 35.5. The number of halogens is 1. The van der Waals surface area contributed by atoms with Crippen molar-refractivity contribution in [1.29, 1.82) is 0 Å². The maximum atomic E-state index is 9.08. The molecule has 1 fully saturated rings. The third kappa shape index (κ3) is 4.29. The van der Waals surface area contributed by atoms with Crippen LogP contribution >= 0.6 is 12.4 Å². The van der Waals surface area contributed by atoms with Crippen LogP contribution in [0.5, 0.6) is 0 Å². The van der Waals surface area contributed by atoms with Gasteiger partial charge in [0, 0.05) is 19.6 Å². The first-order chi connectivity index (χ1) is 7.75. The number of benzene rings is 1. The van der Waals surface area contributed by atoms with Gasteiger partial charge in [-0.3, -0.25) is 4.90 Å². The molecule has 4 nitrogen and oxygen atoms in total. The summed E-state index contributed by atoms with van der Waals surface area (Å²) < 4.78 is 5.28. The third-order valence-corrected chi connectivity index (χ3v) is 2.76. The van der Waals surface area contributed by atoms with Crippen molar-refractivity contribution < 1.29 is 14.8 Å². The summed E-state index contributed by atoms with van der Waals surface area (Å²) in [6, 6.07) is 7.40. The molecule has 1 aliphatic rings. The Labute approximate surface area is 108 Å². The van der Waals surface area contributed by atoms with E-state index in [0.717, 1.165) is 38.4 Å². The van der Waals surface area contributed by atoms with Gasteiger partial charge in [-0.1, -0.05) is 24.3 Å². The first kappa shape index (κ1) is 14.5. The number of rotatable bonds is 3. The van der Waals surface area contributed by atoms with Crippen LogP contribution in [0.3, 0.4) is 0 Å². The predicted octanol–water partition coefficient (Wildman–Crippen LogP) is -0.380. The highest BCUT2D eigenvalue weighted by Crippen LogP contribution is 2.05. The molecule has 0 amide bonds. The van der Waals surface area contributed by atoms with Gasteiger partial charge in [0.15, 0.2) is 0 Å². The normalized spacial score (nSPS) is 16.4. The van der Waals surface area contributed by atoms with E-state index in [-0.39, 0.29) is 12.4 Å². The Morgan fingerprint density at radius 1 is 1.24 bits per heavy atom. The van der Waals surface area contributed by atoms with Gasteiger partial charge < -0.3 is 14.8 Å². The molecule has 6 heteroatoms. The lowest BCUT2D eigenvalue weighted by atomic mass is 9.79. The van der Waals surface area contributed by atoms with Gasteiger partial charge in [-0.25, -0.2) is 0 Å². The lowest BCUT2D eigenvalue weighted by Gasteiger charge is -2.26. The van der Waals surface area contributed by atoms with Crippen LogP contribution in [0.2, 0.25) is 0 Å². The number of nitrogens with zero attached hydrogens (tertiary/aromatic N) is 1. The van der Waals surface area contributed by atoms with Gasteiger partial charge in [0.1, 0.15) is 0 Å². The highest BCUT2D eigenvalue weighted by molar-refractivity contribution is 6.58. The topological polar surface area (TPSA) is 52.9 Å². The lowest BCUT2D eigenvalue weighted by molar-refractivity contribution is 0.0342. The average molecular weight is 258 g/mol. The standard InChI is InChI=1S/C11H16BNO3.ClH/c14-12(15)11-3-1-2-10(8-11)9-13-4-6-16-7-5-13;/h1-3,8,14-15H,4-7,9H2;1H. The van der Waals surface area contributed by atoms with E-state index in [1.807, 2.05) is 18.2 Å². The van der Waals surface area contributed by atoms with Crippen molar-refractivity contribution in [2.75, 3.05) is 26.3 Å². The zero-order valence-corrected chi connectivity index (χ0v) is 10.4. The fraction of sp³-hybridized carbons (Fsp3) is 0.455. The van der Waals surface area contributed by atoms with Crippen LogP contribution in [-0.4, -0.2) is 48.4 Å². The zero-order chi connectivity index (χ0) is 11.4. The van der Waals surface area contributed by atoms with Gasteiger partial charge in [0.2, 0.25) is 0 Å². The van der Waals surface area contributed by atoms with Crippen LogP contribution in [0, 0.1) is 0 Å². The molecule has 17 heavy (non-hydrogen) atoms. The number of hydrogen-bond acceptors (Lipinski definition) is 4. The first-order valence-electron chi connectivity index (χ1n) is 5.51. The Hall–Kier alpha value is -0.585. The molecule has 0 radical (unpaired) electrons. The van der Waals surface area contributed by atoms with Gasteiger partial charge in [-0.15, -0.1) is 12.4 Å². The quantitative estimate of drug-likeness (QED) is 0.725. The van der Waals surface area contributed by atoms with E-state index in [4.69, 9.17) is 14.8 Å². The van der Waals surface area contributed by atoms with E-state index in [1.54, 1.807) is 6.07 Å². The van der Waals surface area contributed by atoms with Crippen molar-refractivity contribution in [3.8, 4) is 0 Å². The van der Waals surface area contributed by atoms with E-state index in [9.17, 15) is 0 Å². The van der Waals surface area contributed by atoms with Crippen LogP contribution in [-0.2, 0) is 11.3 Å². The largest absolute Gasteiger partial charge is 0.488 e. The van der Waals surface area contributed by atoms with Gasteiger partial charge in [-0.2, -0.15) is 0 Å². The van der Waals surface area contributed by atoms with Crippen LogP contribution < -0.4 is 5.46 Å². The molecular weight excluding hydrogens is 240 g/mol. The van der Waals surface area contributed by atoms with E-state index in [1.165, 1.54) is 0 Å². The molecule has 1 aliphatic heterocycles. The number of morpholine rings is 1. The van der Waals surface area contributed by atoms with E-state index in [2.05, 4.69) is 4.90 Å². The molecule has 1 heterocycles. The Bertz CT molecular complexity index is 345. The predicted molar refractivity (Wildman–Crippen MR) is 69.6 cm³/mol. The fourth-order valence-electron chi connectivity index (χ4n) is 1.87. The second-order valence-electron chi connectivity index (χ2n) is 4.01. The summed E-state index contributed by atoms with van der Waals surface area (Å²) >= 11 is 0. The minimum absolute atomic E-state index is 0. The smallest absolute Gasteiger partial charge is 0.423 e. The molecule has 2 rings (SSSR count). The Morgan fingerprint density at radius 2 is 1.94 bits per heavy atom. The van der Waals surface area contributed by atoms with Crippen molar-refractivity contribution >= 4 is 25.0 Å². The molecule has 0 bridgehead atoms. The van der Waals surface area contributed by atoms with Gasteiger partial charge in [0.25, 0.3) is 0 Å². The lowest BCUT2D eigenvalue weighted by Crippen LogP contribution is -2.36. The van der Waals surface area contributed by atoms with Crippen molar-refractivity contribution in [2.24, 2.45) is 0 Å².